The number of anilines is 1. The van der Waals surface area contributed by atoms with Crippen molar-refractivity contribution >= 4 is 24.2 Å². The van der Waals surface area contributed by atoms with Gasteiger partial charge in [0.2, 0.25) is 0 Å². The van der Waals surface area contributed by atoms with E-state index in [1.165, 1.54) is 23.7 Å². The molecule has 8 heteroatoms. The first-order valence-corrected chi connectivity index (χ1v) is 8.40. The molecule has 0 spiro atoms. The van der Waals surface area contributed by atoms with Crippen molar-refractivity contribution in [1.29, 1.82) is 0 Å². The van der Waals surface area contributed by atoms with Crippen LogP contribution >= 0.6 is 19.1 Å². The van der Waals surface area contributed by atoms with Gasteiger partial charge in [-0.05, 0) is 11.6 Å². The quantitative estimate of drug-likeness (QED) is 0.644. The van der Waals surface area contributed by atoms with Gasteiger partial charge < -0.3 is 15.5 Å². The van der Waals surface area contributed by atoms with Gasteiger partial charge in [0, 0.05) is 18.0 Å². The molecule has 0 aliphatic heterocycles. The third-order valence-corrected chi connectivity index (χ3v) is 4.72. The lowest BCUT2D eigenvalue weighted by molar-refractivity contribution is 0.361. The molecule has 2 heterocycles. The van der Waals surface area contributed by atoms with Gasteiger partial charge in [-0.25, -0.2) is 9.55 Å². The number of benzene rings is 1. The fraction of sp³-hybridized carbons (Fsp3) is 0. The van der Waals surface area contributed by atoms with Crippen LogP contribution < -0.4 is 5.73 Å². The molecule has 6 nitrogen and oxygen atoms in total. The predicted molar refractivity (Wildman–Crippen MR) is 82.8 cm³/mol. The van der Waals surface area contributed by atoms with Gasteiger partial charge in [0.25, 0.3) is 0 Å². The first-order valence-electron chi connectivity index (χ1n) is 6.01. The lowest BCUT2D eigenvalue weighted by Crippen LogP contribution is -1.90. The van der Waals surface area contributed by atoms with E-state index < -0.39 is 7.75 Å². The average Bonchev–Trinajstić information content (AvgIpc) is 3.05. The summed E-state index contributed by atoms with van der Waals surface area (Å²) in [6.07, 6.45) is 2.71. The minimum absolute atomic E-state index is 0.410. The van der Waals surface area contributed by atoms with Gasteiger partial charge in [-0.2, -0.15) is 0 Å². The number of thiazole rings is 1. The lowest BCUT2D eigenvalue weighted by atomic mass is 10.1. The van der Waals surface area contributed by atoms with Crippen LogP contribution in [0.2, 0.25) is 0 Å². The average molecular weight is 321 g/mol. The van der Waals surface area contributed by atoms with Gasteiger partial charge in [0.15, 0.2) is 5.13 Å². The maximum absolute atomic E-state index is 11.3. The van der Waals surface area contributed by atoms with E-state index in [1.807, 2.05) is 30.3 Å². The Morgan fingerprint density at radius 2 is 1.86 bits per heavy atom. The highest BCUT2D eigenvalue weighted by Crippen LogP contribution is 2.42. The molecule has 0 bridgehead atoms. The van der Waals surface area contributed by atoms with Gasteiger partial charge in [-0.3, -0.25) is 4.34 Å². The van der Waals surface area contributed by atoms with Gasteiger partial charge in [0.1, 0.15) is 0 Å². The fourth-order valence-electron chi connectivity index (χ4n) is 2.00. The highest BCUT2D eigenvalue weighted by atomic mass is 32.1. The topological polar surface area (TPSA) is 101 Å². The summed E-state index contributed by atoms with van der Waals surface area (Å²) >= 11 is 1.34. The Morgan fingerprint density at radius 3 is 2.48 bits per heavy atom. The summed E-state index contributed by atoms with van der Waals surface area (Å²) in [5.41, 5.74) is 7.99. The molecule has 0 atom stereocenters. The summed E-state index contributed by atoms with van der Waals surface area (Å²) in [4.78, 5) is 23.5. The zero-order chi connectivity index (χ0) is 15.0. The molecule has 0 radical (unpaired) electrons. The molecule has 0 fully saturated rings. The van der Waals surface area contributed by atoms with E-state index in [1.54, 1.807) is 6.07 Å². The van der Waals surface area contributed by atoms with E-state index in [4.69, 9.17) is 5.73 Å². The fourth-order valence-corrected chi connectivity index (χ4v) is 3.38. The van der Waals surface area contributed by atoms with Crippen molar-refractivity contribution in [3.63, 3.8) is 0 Å². The van der Waals surface area contributed by atoms with Crippen LogP contribution in [0.5, 0.6) is 0 Å². The Bertz CT molecular complexity index is 822. The molecule has 21 heavy (non-hydrogen) atoms. The van der Waals surface area contributed by atoms with E-state index in [0.29, 0.717) is 16.4 Å². The number of aromatic nitrogens is 2. The molecule has 0 saturated heterocycles. The van der Waals surface area contributed by atoms with Gasteiger partial charge in [-0.1, -0.05) is 41.7 Å². The van der Waals surface area contributed by atoms with Crippen LogP contribution in [-0.4, -0.2) is 19.1 Å². The van der Waals surface area contributed by atoms with Crippen molar-refractivity contribution in [2.45, 2.75) is 0 Å². The van der Waals surface area contributed by atoms with E-state index in [2.05, 4.69) is 4.98 Å². The van der Waals surface area contributed by atoms with Crippen LogP contribution in [0, 0.1) is 0 Å². The molecule has 2 aromatic heterocycles. The molecule has 3 rings (SSSR count). The summed E-state index contributed by atoms with van der Waals surface area (Å²) < 4.78 is 12.1. The number of nitrogens with zero attached hydrogens (tertiary/aromatic N) is 2. The predicted octanol–water partition coefficient (Wildman–Crippen LogP) is 2.80. The Balaban J connectivity index is 2.12. The first-order chi connectivity index (χ1) is 9.95. The highest BCUT2D eigenvalue weighted by molar-refractivity contribution is 7.50. The zero-order valence-corrected chi connectivity index (χ0v) is 12.5. The van der Waals surface area contributed by atoms with E-state index in [9.17, 15) is 14.4 Å². The maximum Gasteiger partial charge on any atom is 0.433 e. The number of rotatable bonds is 3. The van der Waals surface area contributed by atoms with E-state index in [0.717, 1.165) is 14.8 Å². The maximum atomic E-state index is 11.3. The molecule has 0 saturated carbocycles. The van der Waals surface area contributed by atoms with Crippen LogP contribution in [0.15, 0.2) is 48.8 Å². The summed E-state index contributed by atoms with van der Waals surface area (Å²) in [5, 5.41) is 0.410. The van der Waals surface area contributed by atoms with E-state index >= 15 is 0 Å². The minimum atomic E-state index is -4.34. The lowest BCUT2D eigenvalue weighted by Gasteiger charge is -2.03. The molecule has 0 aliphatic rings. The van der Waals surface area contributed by atoms with Crippen molar-refractivity contribution in [2.75, 3.05) is 5.73 Å². The molecule has 3 aromatic rings. The van der Waals surface area contributed by atoms with Crippen LogP contribution in [0.4, 0.5) is 5.13 Å². The zero-order valence-electron chi connectivity index (χ0n) is 10.7. The Morgan fingerprint density at radius 1 is 1.14 bits per heavy atom. The second-order valence-corrected chi connectivity index (χ2v) is 6.91. The standard InChI is InChI=1S/C13H12N3O3PS/c14-13-15-11(10-6-7-16(8-10)20(17,18)19)12(21-13)9-4-2-1-3-5-9/h1-8H,(H2,14,15)(H2,17,18,19). The van der Waals surface area contributed by atoms with Crippen molar-refractivity contribution in [2.24, 2.45) is 0 Å². The second kappa shape index (κ2) is 5.13. The molecular weight excluding hydrogens is 309 g/mol. The smallest absolute Gasteiger partial charge is 0.375 e. The SMILES string of the molecule is Nc1nc(-c2ccn(P(=O)(O)O)c2)c(-c2ccccc2)s1. The monoisotopic (exact) mass is 321 g/mol. The Hall–Kier alpha value is -1.92. The van der Waals surface area contributed by atoms with Crippen molar-refractivity contribution in [3.05, 3.63) is 48.8 Å². The third-order valence-electron chi connectivity index (χ3n) is 2.93. The van der Waals surface area contributed by atoms with E-state index in [-0.39, 0.29) is 0 Å². The van der Waals surface area contributed by atoms with Crippen LogP contribution in [0.3, 0.4) is 0 Å². The van der Waals surface area contributed by atoms with Crippen LogP contribution in [0.25, 0.3) is 21.7 Å². The van der Waals surface area contributed by atoms with Crippen molar-refractivity contribution in [1.82, 2.24) is 9.32 Å². The van der Waals surface area contributed by atoms with Crippen molar-refractivity contribution in [3.8, 4) is 21.7 Å². The molecule has 0 unspecified atom stereocenters. The molecular formula is C13H12N3O3PS. The number of hydrogen-bond donors (Lipinski definition) is 3. The minimum Gasteiger partial charge on any atom is -0.375 e. The number of nitrogens with two attached hydrogens (primary N) is 1. The van der Waals surface area contributed by atoms with Gasteiger partial charge in [0.05, 0.1) is 10.6 Å². The number of nitrogen functional groups attached to an aromatic ring is 1. The van der Waals surface area contributed by atoms with Gasteiger partial charge in [-0.15, -0.1) is 0 Å². The van der Waals surface area contributed by atoms with Crippen LogP contribution in [-0.2, 0) is 4.57 Å². The third kappa shape index (κ3) is 2.77. The molecule has 1 aromatic carbocycles. The summed E-state index contributed by atoms with van der Waals surface area (Å²) in [7, 11) is -4.34. The highest BCUT2D eigenvalue weighted by Gasteiger charge is 2.19. The number of hydrogen-bond acceptors (Lipinski definition) is 4. The molecule has 108 valence electrons. The molecule has 4 N–H and O–H groups in total. The molecule has 0 aliphatic carbocycles. The summed E-state index contributed by atoms with van der Waals surface area (Å²) in [6.45, 7) is 0. The largest absolute Gasteiger partial charge is 0.433 e. The molecule has 0 amide bonds. The summed E-state index contributed by atoms with van der Waals surface area (Å²) in [5.74, 6) is 0. The normalized spacial score (nSPS) is 11.7. The van der Waals surface area contributed by atoms with Gasteiger partial charge >= 0.3 is 7.75 Å². The van der Waals surface area contributed by atoms with Crippen LogP contribution in [0.1, 0.15) is 0 Å². The summed E-state index contributed by atoms with van der Waals surface area (Å²) in [6, 6.07) is 11.2. The Labute approximate surface area is 124 Å². The first kappa shape index (κ1) is 14.0. The Kier molecular flexibility index (Phi) is 3.43. The van der Waals surface area contributed by atoms with Crippen molar-refractivity contribution < 1.29 is 14.4 Å². The second-order valence-electron chi connectivity index (χ2n) is 4.39.